The molecular weight excluding hydrogens is 286 g/mol. The van der Waals surface area contributed by atoms with Gasteiger partial charge in [0.05, 0.1) is 0 Å². The summed E-state index contributed by atoms with van der Waals surface area (Å²) in [5.41, 5.74) is 0.292. The van der Waals surface area contributed by atoms with Crippen LogP contribution in [0, 0.1) is 0 Å². The quantitative estimate of drug-likeness (QED) is 0.895. The van der Waals surface area contributed by atoms with Gasteiger partial charge in [0.2, 0.25) is 0 Å². The normalized spacial score (nSPS) is 11.0. The SMILES string of the molecule is CC(C)(C)NC(=O)c1cccc(Oc2ccc(Cl)cc2)c1. The van der Waals surface area contributed by atoms with E-state index in [4.69, 9.17) is 16.3 Å². The second kappa shape index (κ2) is 6.19. The Balaban J connectivity index is 2.14. The predicted octanol–water partition coefficient (Wildman–Crippen LogP) is 4.66. The maximum atomic E-state index is 12.1. The van der Waals surface area contributed by atoms with Gasteiger partial charge >= 0.3 is 0 Å². The van der Waals surface area contributed by atoms with E-state index in [0.29, 0.717) is 22.1 Å². The standard InChI is InChI=1S/C17H18ClNO2/c1-17(2,3)19-16(20)12-5-4-6-15(11-12)21-14-9-7-13(18)8-10-14/h4-11H,1-3H3,(H,19,20). The first-order valence-electron chi connectivity index (χ1n) is 6.69. The van der Waals surface area contributed by atoms with E-state index in [1.165, 1.54) is 0 Å². The van der Waals surface area contributed by atoms with Crippen LogP contribution in [-0.2, 0) is 0 Å². The highest BCUT2D eigenvalue weighted by molar-refractivity contribution is 6.30. The van der Waals surface area contributed by atoms with Crippen LogP contribution in [0.1, 0.15) is 31.1 Å². The molecule has 0 spiro atoms. The van der Waals surface area contributed by atoms with Gasteiger partial charge < -0.3 is 10.1 Å². The molecule has 0 aliphatic carbocycles. The summed E-state index contributed by atoms with van der Waals surface area (Å²) < 4.78 is 5.72. The number of rotatable bonds is 3. The van der Waals surface area contributed by atoms with E-state index in [9.17, 15) is 4.79 Å². The smallest absolute Gasteiger partial charge is 0.251 e. The molecule has 3 nitrogen and oxygen atoms in total. The number of hydrogen-bond acceptors (Lipinski definition) is 2. The van der Waals surface area contributed by atoms with Gasteiger partial charge in [-0.25, -0.2) is 0 Å². The molecule has 0 aliphatic heterocycles. The Morgan fingerprint density at radius 2 is 1.71 bits per heavy atom. The van der Waals surface area contributed by atoms with E-state index in [1.807, 2.05) is 26.8 Å². The fraction of sp³-hybridized carbons (Fsp3) is 0.235. The molecule has 0 aromatic heterocycles. The van der Waals surface area contributed by atoms with E-state index in [0.717, 1.165) is 0 Å². The maximum absolute atomic E-state index is 12.1. The molecular formula is C17H18ClNO2. The van der Waals surface area contributed by atoms with Gasteiger partial charge in [0.25, 0.3) is 5.91 Å². The lowest BCUT2D eigenvalue weighted by Crippen LogP contribution is -2.40. The van der Waals surface area contributed by atoms with Crippen LogP contribution < -0.4 is 10.1 Å². The second-order valence-corrected chi connectivity index (χ2v) is 6.22. The van der Waals surface area contributed by atoms with Crippen LogP contribution in [0.5, 0.6) is 11.5 Å². The zero-order valence-electron chi connectivity index (χ0n) is 12.3. The monoisotopic (exact) mass is 303 g/mol. The summed E-state index contributed by atoms with van der Waals surface area (Å²) in [7, 11) is 0. The average Bonchev–Trinajstić information content (AvgIpc) is 2.40. The van der Waals surface area contributed by atoms with Gasteiger partial charge in [0.15, 0.2) is 0 Å². The summed E-state index contributed by atoms with van der Waals surface area (Å²) in [4.78, 5) is 12.1. The average molecular weight is 304 g/mol. The molecule has 0 saturated carbocycles. The molecule has 0 radical (unpaired) electrons. The minimum absolute atomic E-state index is 0.121. The lowest BCUT2D eigenvalue weighted by atomic mass is 10.1. The Morgan fingerprint density at radius 3 is 2.33 bits per heavy atom. The number of carbonyl (C=O) groups is 1. The van der Waals surface area contributed by atoms with E-state index >= 15 is 0 Å². The van der Waals surface area contributed by atoms with Gasteiger partial charge in [-0.3, -0.25) is 4.79 Å². The summed E-state index contributed by atoms with van der Waals surface area (Å²) in [6, 6.07) is 14.2. The number of halogens is 1. The largest absolute Gasteiger partial charge is 0.457 e. The molecule has 1 amide bonds. The van der Waals surface area contributed by atoms with Crippen molar-refractivity contribution in [2.24, 2.45) is 0 Å². The van der Waals surface area contributed by atoms with Crippen molar-refractivity contribution >= 4 is 17.5 Å². The molecule has 0 unspecified atom stereocenters. The van der Waals surface area contributed by atoms with Gasteiger partial charge in [-0.1, -0.05) is 17.7 Å². The van der Waals surface area contributed by atoms with E-state index in [1.54, 1.807) is 42.5 Å². The first kappa shape index (κ1) is 15.4. The predicted molar refractivity (Wildman–Crippen MR) is 85.2 cm³/mol. The molecule has 4 heteroatoms. The first-order chi connectivity index (χ1) is 9.83. The maximum Gasteiger partial charge on any atom is 0.251 e. The van der Waals surface area contributed by atoms with Crippen LogP contribution in [0.4, 0.5) is 0 Å². The van der Waals surface area contributed by atoms with Crippen molar-refractivity contribution in [2.45, 2.75) is 26.3 Å². The second-order valence-electron chi connectivity index (χ2n) is 5.79. The fourth-order valence-electron chi connectivity index (χ4n) is 1.75. The van der Waals surface area contributed by atoms with Crippen molar-refractivity contribution < 1.29 is 9.53 Å². The number of ether oxygens (including phenoxy) is 1. The Labute approximate surface area is 129 Å². The lowest BCUT2D eigenvalue weighted by molar-refractivity contribution is 0.0919. The Hall–Kier alpha value is -2.00. The van der Waals surface area contributed by atoms with Crippen molar-refractivity contribution in [3.63, 3.8) is 0 Å². The van der Waals surface area contributed by atoms with Crippen molar-refractivity contribution in [3.8, 4) is 11.5 Å². The summed E-state index contributed by atoms with van der Waals surface area (Å²) in [5.74, 6) is 1.16. The Kier molecular flexibility index (Phi) is 4.53. The minimum atomic E-state index is -0.274. The molecule has 110 valence electrons. The lowest BCUT2D eigenvalue weighted by Gasteiger charge is -2.20. The number of hydrogen-bond donors (Lipinski definition) is 1. The zero-order chi connectivity index (χ0) is 15.5. The Morgan fingerprint density at radius 1 is 1.05 bits per heavy atom. The van der Waals surface area contributed by atoms with Crippen molar-refractivity contribution in [3.05, 3.63) is 59.1 Å². The van der Waals surface area contributed by atoms with Crippen LogP contribution in [0.2, 0.25) is 5.02 Å². The molecule has 0 bridgehead atoms. The summed E-state index contributed by atoms with van der Waals surface area (Å²) in [5, 5.41) is 3.58. The van der Waals surface area contributed by atoms with E-state index in [2.05, 4.69) is 5.32 Å². The fourth-order valence-corrected chi connectivity index (χ4v) is 1.88. The molecule has 1 N–H and O–H groups in total. The molecule has 2 rings (SSSR count). The summed E-state index contributed by atoms with van der Waals surface area (Å²) >= 11 is 5.83. The molecule has 0 fully saturated rings. The molecule has 2 aromatic rings. The minimum Gasteiger partial charge on any atom is -0.457 e. The van der Waals surface area contributed by atoms with Crippen molar-refractivity contribution in [1.29, 1.82) is 0 Å². The first-order valence-corrected chi connectivity index (χ1v) is 7.07. The van der Waals surface area contributed by atoms with Crippen LogP contribution in [0.15, 0.2) is 48.5 Å². The molecule has 0 atom stereocenters. The van der Waals surface area contributed by atoms with Crippen LogP contribution >= 0.6 is 11.6 Å². The molecule has 21 heavy (non-hydrogen) atoms. The third-order valence-electron chi connectivity index (χ3n) is 2.63. The number of nitrogens with one attached hydrogen (secondary N) is 1. The number of carbonyl (C=O) groups excluding carboxylic acids is 1. The number of amides is 1. The summed E-state index contributed by atoms with van der Waals surface area (Å²) in [6.45, 7) is 5.83. The van der Waals surface area contributed by atoms with Gasteiger partial charge in [0.1, 0.15) is 11.5 Å². The topological polar surface area (TPSA) is 38.3 Å². The Bertz CT molecular complexity index is 630. The molecule has 0 heterocycles. The van der Waals surface area contributed by atoms with Crippen molar-refractivity contribution in [1.82, 2.24) is 5.32 Å². The molecule has 2 aromatic carbocycles. The van der Waals surface area contributed by atoms with Crippen LogP contribution in [-0.4, -0.2) is 11.4 Å². The zero-order valence-corrected chi connectivity index (χ0v) is 13.1. The van der Waals surface area contributed by atoms with Gasteiger partial charge in [-0.05, 0) is 63.2 Å². The highest BCUT2D eigenvalue weighted by Gasteiger charge is 2.15. The van der Waals surface area contributed by atoms with Gasteiger partial charge in [-0.15, -0.1) is 0 Å². The van der Waals surface area contributed by atoms with E-state index in [-0.39, 0.29) is 11.4 Å². The third-order valence-corrected chi connectivity index (χ3v) is 2.89. The van der Waals surface area contributed by atoms with Crippen molar-refractivity contribution in [2.75, 3.05) is 0 Å². The highest BCUT2D eigenvalue weighted by atomic mass is 35.5. The van der Waals surface area contributed by atoms with Crippen LogP contribution in [0.25, 0.3) is 0 Å². The van der Waals surface area contributed by atoms with E-state index < -0.39 is 0 Å². The summed E-state index contributed by atoms with van der Waals surface area (Å²) in [6.07, 6.45) is 0. The molecule has 0 saturated heterocycles. The van der Waals surface area contributed by atoms with Crippen LogP contribution in [0.3, 0.4) is 0 Å². The highest BCUT2D eigenvalue weighted by Crippen LogP contribution is 2.24. The van der Waals surface area contributed by atoms with Gasteiger partial charge in [-0.2, -0.15) is 0 Å². The van der Waals surface area contributed by atoms with Gasteiger partial charge in [0, 0.05) is 16.1 Å². The molecule has 0 aliphatic rings. The number of benzene rings is 2. The third kappa shape index (κ3) is 4.80.